The maximum Gasteiger partial charge on any atom is 0.342 e. The molecule has 0 saturated heterocycles. The number of nitrogens with one attached hydrogen (secondary N) is 1. The van der Waals surface area contributed by atoms with Crippen LogP contribution in [-0.2, 0) is 16.8 Å². The van der Waals surface area contributed by atoms with Crippen molar-refractivity contribution in [1.29, 1.82) is 0 Å². The minimum Gasteiger partial charge on any atom is -0.508 e. The first-order valence-electron chi connectivity index (χ1n) is 10.1. The van der Waals surface area contributed by atoms with E-state index in [9.17, 15) is 14.7 Å². The number of hydrogen-bond acceptors (Lipinski definition) is 4. The molecular formula is C26H18ClNO4. The smallest absolute Gasteiger partial charge is 0.342 e. The number of amides is 1. The van der Waals surface area contributed by atoms with Gasteiger partial charge in [0.1, 0.15) is 11.5 Å². The van der Waals surface area contributed by atoms with E-state index in [0.29, 0.717) is 27.3 Å². The van der Waals surface area contributed by atoms with E-state index < -0.39 is 11.5 Å². The standard InChI is InChI=1S/C26H18ClNO4/c27-19-9-6-16(7-10-19)15-26(28-24(30)17-4-2-1-3-5-17)23-21-12-11-20(29)14-18(21)8-13-22(23)32-25(26)31/h1-14,29H,15H2,(H,28,30). The quantitative estimate of drug-likeness (QED) is 0.344. The summed E-state index contributed by atoms with van der Waals surface area (Å²) in [5.74, 6) is -0.456. The molecule has 0 aromatic heterocycles. The van der Waals surface area contributed by atoms with Gasteiger partial charge in [0, 0.05) is 22.6 Å². The summed E-state index contributed by atoms with van der Waals surface area (Å²) in [5, 5.41) is 14.9. The molecule has 5 nitrogen and oxygen atoms in total. The fraction of sp³-hybridized carbons (Fsp3) is 0.0769. The molecule has 0 aliphatic carbocycles. The molecule has 5 rings (SSSR count). The second-order valence-electron chi connectivity index (χ2n) is 7.76. The average Bonchev–Trinajstić information content (AvgIpc) is 3.07. The Labute approximate surface area is 189 Å². The van der Waals surface area contributed by atoms with E-state index in [1.165, 1.54) is 0 Å². The molecule has 1 aliphatic rings. The van der Waals surface area contributed by atoms with Crippen molar-refractivity contribution in [3.63, 3.8) is 0 Å². The highest BCUT2D eigenvalue weighted by molar-refractivity contribution is 6.30. The molecule has 0 saturated carbocycles. The summed E-state index contributed by atoms with van der Waals surface area (Å²) in [6.45, 7) is 0. The number of phenolic OH excluding ortho intramolecular Hbond substituents is 1. The van der Waals surface area contributed by atoms with Crippen LogP contribution in [0.2, 0.25) is 5.02 Å². The Kier molecular flexibility index (Phi) is 4.83. The number of ether oxygens (including phenoxy) is 1. The van der Waals surface area contributed by atoms with Crippen LogP contribution in [0.3, 0.4) is 0 Å². The molecule has 0 radical (unpaired) electrons. The van der Waals surface area contributed by atoms with Gasteiger partial charge in [0.05, 0.1) is 0 Å². The van der Waals surface area contributed by atoms with Crippen LogP contribution >= 0.6 is 11.6 Å². The van der Waals surface area contributed by atoms with Gasteiger partial charge in [0.15, 0.2) is 5.54 Å². The second-order valence-corrected chi connectivity index (χ2v) is 8.20. The lowest BCUT2D eigenvalue weighted by Gasteiger charge is -2.28. The van der Waals surface area contributed by atoms with Gasteiger partial charge < -0.3 is 15.2 Å². The largest absolute Gasteiger partial charge is 0.508 e. The Morgan fingerprint density at radius 3 is 2.47 bits per heavy atom. The highest BCUT2D eigenvalue weighted by Crippen LogP contribution is 2.45. The first-order chi connectivity index (χ1) is 15.5. The van der Waals surface area contributed by atoms with E-state index >= 15 is 0 Å². The van der Waals surface area contributed by atoms with Crippen molar-refractivity contribution >= 4 is 34.2 Å². The average molecular weight is 444 g/mol. The van der Waals surface area contributed by atoms with Gasteiger partial charge in [-0.3, -0.25) is 4.79 Å². The number of rotatable bonds is 4. The summed E-state index contributed by atoms with van der Waals surface area (Å²) in [5.41, 5.74) is 0.358. The maximum absolute atomic E-state index is 13.4. The van der Waals surface area contributed by atoms with Crippen LogP contribution < -0.4 is 10.1 Å². The summed E-state index contributed by atoms with van der Waals surface area (Å²) in [4.78, 5) is 26.6. The number of esters is 1. The summed E-state index contributed by atoms with van der Waals surface area (Å²) in [7, 11) is 0. The van der Waals surface area contributed by atoms with Crippen LogP contribution in [0.25, 0.3) is 10.8 Å². The number of aromatic hydroxyl groups is 1. The summed E-state index contributed by atoms with van der Waals surface area (Å²) < 4.78 is 5.65. The van der Waals surface area contributed by atoms with E-state index in [4.69, 9.17) is 16.3 Å². The Morgan fingerprint density at radius 2 is 1.72 bits per heavy atom. The van der Waals surface area contributed by atoms with Crippen molar-refractivity contribution in [3.05, 3.63) is 107 Å². The zero-order chi connectivity index (χ0) is 22.3. The SMILES string of the molecule is O=C(NC1(Cc2ccc(Cl)cc2)C(=O)Oc2ccc3cc(O)ccc3c21)c1ccccc1. The van der Waals surface area contributed by atoms with Crippen LogP contribution in [-0.4, -0.2) is 17.0 Å². The van der Waals surface area contributed by atoms with Crippen LogP contribution in [0.1, 0.15) is 21.5 Å². The van der Waals surface area contributed by atoms with Crippen molar-refractivity contribution in [2.24, 2.45) is 0 Å². The third-order valence-corrected chi connectivity index (χ3v) is 5.94. The molecule has 0 spiro atoms. The highest BCUT2D eigenvalue weighted by atomic mass is 35.5. The van der Waals surface area contributed by atoms with E-state index in [2.05, 4.69) is 5.32 Å². The number of carbonyl (C=O) groups is 2. The molecule has 32 heavy (non-hydrogen) atoms. The predicted molar refractivity (Wildman–Crippen MR) is 122 cm³/mol. The first-order valence-corrected chi connectivity index (χ1v) is 10.4. The Hall–Kier alpha value is -3.83. The van der Waals surface area contributed by atoms with Gasteiger partial charge in [-0.15, -0.1) is 0 Å². The molecule has 6 heteroatoms. The van der Waals surface area contributed by atoms with Crippen LogP contribution in [0, 0.1) is 0 Å². The molecule has 158 valence electrons. The minimum absolute atomic E-state index is 0.110. The topological polar surface area (TPSA) is 75.6 Å². The number of phenols is 1. The molecule has 4 aromatic rings. The van der Waals surface area contributed by atoms with Crippen molar-refractivity contribution in [1.82, 2.24) is 5.32 Å². The molecular weight excluding hydrogens is 426 g/mol. The monoisotopic (exact) mass is 443 g/mol. The van der Waals surface area contributed by atoms with Gasteiger partial charge in [0.2, 0.25) is 0 Å². The third-order valence-electron chi connectivity index (χ3n) is 5.69. The van der Waals surface area contributed by atoms with Crippen molar-refractivity contribution < 1.29 is 19.4 Å². The fourth-order valence-corrected chi connectivity index (χ4v) is 4.32. The van der Waals surface area contributed by atoms with Gasteiger partial charge in [-0.05, 0) is 58.8 Å². The van der Waals surface area contributed by atoms with Crippen molar-refractivity contribution in [3.8, 4) is 11.5 Å². The molecule has 1 aliphatic heterocycles. The van der Waals surface area contributed by atoms with Crippen LogP contribution in [0.5, 0.6) is 11.5 Å². The van der Waals surface area contributed by atoms with Gasteiger partial charge >= 0.3 is 5.97 Å². The lowest BCUT2D eigenvalue weighted by Crippen LogP contribution is -2.52. The third kappa shape index (κ3) is 3.37. The fourth-order valence-electron chi connectivity index (χ4n) is 4.19. The summed E-state index contributed by atoms with van der Waals surface area (Å²) >= 11 is 6.04. The lowest BCUT2D eigenvalue weighted by atomic mass is 9.82. The van der Waals surface area contributed by atoms with Gasteiger partial charge in [-0.1, -0.05) is 54.1 Å². The van der Waals surface area contributed by atoms with E-state index in [-0.39, 0.29) is 18.1 Å². The van der Waals surface area contributed by atoms with E-state index in [1.807, 2.05) is 18.2 Å². The molecule has 1 heterocycles. The highest BCUT2D eigenvalue weighted by Gasteiger charge is 2.51. The zero-order valence-electron chi connectivity index (χ0n) is 16.8. The van der Waals surface area contributed by atoms with Gasteiger partial charge in [0.25, 0.3) is 5.91 Å². The summed E-state index contributed by atoms with van der Waals surface area (Å²) in [6, 6.07) is 24.2. The molecule has 2 N–H and O–H groups in total. The number of benzene rings is 4. The Morgan fingerprint density at radius 1 is 0.969 bits per heavy atom. The lowest BCUT2D eigenvalue weighted by molar-refractivity contribution is -0.139. The molecule has 1 amide bonds. The van der Waals surface area contributed by atoms with Crippen molar-refractivity contribution in [2.75, 3.05) is 0 Å². The van der Waals surface area contributed by atoms with Crippen LogP contribution in [0.4, 0.5) is 0 Å². The van der Waals surface area contributed by atoms with Gasteiger partial charge in [-0.25, -0.2) is 4.79 Å². The molecule has 0 bridgehead atoms. The van der Waals surface area contributed by atoms with Crippen molar-refractivity contribution in [2.45, 2.75) is 12.0 Å². The molecule has 1 atom stereocenters. The number of fused-ring (bicyclic) bond motifs is 3. The zero-order valence-corrected chi connectivity index (χ0v) is 17.6. The predicted octanol–water partition coefficient (Wildman–Crippen LogP) is 4.99. The Bertz CT molecular complexity index is 1350. The van der Waals surface area contributed by atoms with Gasteiger partial charge in [-0.2, -0.15) is 0 Å². The maximum atomic E-state index is 13.4. The molecule has 0 fully saturated rings. The van der Waals surface area contributed by atoms with E-state index in [0.717, 1.165) is 10.9 Å². The Balaban J connectivity index is 1.70. The normalized spacial score (nSPS) is 17.1. The number of halogens is 1. The summed E-state index contributed by atoms with van der Waals surface area (Å²) in [6.07, 6.45) is 0.175. The van der Waals surface area contributed by atoms with E-state index in [1.54, 1.807) is 66.7 Å². The number of carbonyl (C=O) groups excluding carboxylic acids is 2. The number of hydrogen-bond donors (Lipinski definition) is 2. The minimum atomic E-state index is -1.45. The first kappa shape index (κ1) is 20.1. The molecule has 1 unspecified atom stereocenters. The molecule has 4 aromatic carbocycles. The second kappa shape index (κ2) is 7.70. The van der Waals surface area contributed by atoms with Crippen LogP contribution in [0.15, 0.2) is 84.9 Å².